The van der Waals surface area contributed by atoms with Gasteiger partial charge in [-0.15, -0.1) is 0 Å². The maximum Gasteiger partial charge on any atom is 0.310 e. The Kier molecular flexibility index (Phi) is 4.53. The molecule has 4 aliphatic carbocycles. The molecule has 0 saturated heterocycles. The van der Waals surface area contributed by atoms with Gasteiger partial charge in [-0.2, -0.15) is 0 Å². The number of para-hydroxylation sites is 1. The standard InChI is InChI=1S/C21H27NO3/c1-2-15-5-3-4-6-18(15)22-19(23)12-25-21(24)20-16-8-13-7-14(10-16)11-17(20)9-13/h3-6,13-14,16-17,20H,2,7-12H2,1H3,(H,22,23). The van der Waals surface area contributed by atoms with Gasteiger partial charge in [0.15, 0.2) is 6.61 Å². The minimum Gasteiger partial charge on any atom is -0.455 e. The number of nitrogens with one attached hydrogen (secondary N) is 1. The lowest BCUT2D eigenvalue weighted by atomic mass is 9.52. The fourth-order valence-corrected chi connectivity index (χ4v) is 5.68. The van der Waals surface area contributed by atoms with Gasteiger partial charge in [0.05, 0.1) is 5.92 Å². The monoisotopic (exact) mass is 341 g/mol. The molecule has 4 heteroatoms. The lowest BCUT2D eigenvalue weighted by molar-refractivity contribution is -0.164. The Labute approximate surface area is 149 Å². The first-order valence-corrected chi connectivity index (χ1v) is 9.68. The summed E-state index contributed by atoms with van der Waals surface area (Å²) in [6.45, 7) is 1.87. The van der Waals surface area contributed by atoms with Crippen LogP contribution in [0, 0.1) is 29.6 Å². The van der Waals surface area contributed by atoms with E-state index >= 15 is 0 Å². The molecule has 4 bridgehead atoms. The van der Waals surface area contributed by atoms with Crippen LogP contribution >= 0.6 is 0 Å². The molecule has 1 N–H and O–H groups in total. The highest BCUT2D eigenvalue weighted by molar-refractivity contribution is 5.93. The summed E-state index contributed by atoms with van der Waals surface area (Å²) < 4.78 is 5.42. The molecule has 1 aromatic carbocycles. The largest absolute Gasteiger partial charge is 0.455 e. The summed E-state index contributed by atoms with van der Waals surface area (Å²) in [6, 6.07) is 7.74. The highest BCUT2D eigenvalue weighted by Crippen LogP contribution is 2.56. The van der Waals surface area contributed by atoms with Crippen molar-refractivity contribution in [2.75, 3.05) is 11.9 Å². The van der Waals surface area contributed by atoms with Crippen molar-refractivity contribution >= 4 is 17.6 Å². The number of benzene rings is 1. The molecule has 5 rings (SSSR count). The molecule has 0 aromatic heterocycles. The van der Waals surface area contributed by atoms with E-state index < -0.39 is 0 Å². The van der Waals surface area contributed by atoms with Gasteiger partial charge in [0.1, 0.15) is 0 Å². The zero-order chi connectivity index (χ0) is 17.4. The molecule has 25 heavy (non-hydrogen) atoms. The SMILES string of the molecule is CCc1ccccc1NC(=O)COC(=O)C1C2CC3CC(C2)CC1C3. The van der Waals surface area contributed by atoms with Crippen LogP contribution in [0.15, 0.2) is 24.3 Å². The first-order chi connectivity index (χ1) is 12.1. The quantitative estimate of drug-likeness (QED) is 0.829. The number of ether oxygens (including phenoxy) is 1. The van der Waals surface area contributed by atoms with Crippen LogP contribution in [0.25, 0.3) is 0 Å². The maximum atomic E-state index is 12.6. The van der Waals surface area contributed by atoms with Gasteiger partial charge in [0, 0.05) is 5.69 Å². The molecule has 0 atom stereocenters. The summed E-state index contributed by atoms with van der Waals surface area (Å²) in [6.07, 6.45) is 6.95. The summed E-state index contributed by atoms with van der Waals surface area (Å²) >= 11 is 0. The summed E-state index contributed by atoms with van der Waals surface area (Å²) in [4.78, 5) is 24.8. The molecular formula is C21H27NO3. The van der Waals surface area contributed by atoms with Crippen molar-refractivity contribution in [2.24, 2.45) is 29.6 Å². The molecule has 4 fully saturated rings. The van der Waals surface area contributed by atoms with Crippen molar-refractivity contribution in [3.05, 3.63) is 29.8 Å². The molecular weight excluding hydrogens is 314 g/mol. The Hall–Kier alpha value is -1.84. The van der Waals surface area contributed by atoms with Gasteiger partial charge in [-0.3, -0.25) is 9.59 Å². The van der Waals surface area contributed by atoms with E-state index in [0.717, 1.165) is 29.5 Å². The van der Waals surface area contributed by atoms with Gasteiger partial charge in [-0.25, -0.2) is 0 Å². The van der Waals surface area contributed by atoms with Gasteiger partial charge >= 0.3 is 5.97 Å². The van der Waals surface area contributed by atoms with E-state index in [2.05, 4.69) is 12.2 Å². The number of amides is 1. The van der Waals surface area contributed by atoms with Crippen molar-refractivity contribution in [3.8, 4) is 0 Å². The van der Waals surface area contributed by atoms with Gasteiger partial charge < -0.3 is 10.1 Å². The second kappa shape index (κ2) is 6.81. The molecule has 4 aliphatic rings. The summed E-state index contributed by atoms with van der Waals surface area (Å²) in [5, 5.41) is 2.87. The number of carbonyl (C=O) groups is 2. The van der Waals surface area contributed by atoms with Crippen molar-refractivity contribution < 1.29 is 14.3 Å². The van der Waals surface area contributed by atoms with Crippen LogP contribution in [0.1, 0.15) is 44.6 Å². The highest BCUT2D eigenvalue weighted by atomic mass is 16.5. The lowest BCUT2D eigenvalue weighted by Crippen LogP contribution is -2.48. The number of anilines is 1. The zero-order valence-corrected chi connectivity index (χ0v) is 14.9. The number of aryl methyl sites for hydroxylation is 1. The predicted octanol–water partition coefficient (Wildman–Crippen LogP) is 3.80. The highest BCUT2D eigenvalue weighted by Gasteiger charge is 2.51. The maximum absolute atomic E-state index is 12.6. The number of hydrogen-bond acceptors (Lipinski definition) is 3. The average molecular weight is 341 g/mol. The fourth-order valence-electron chi connectivity index (χ4n) is 5.68. The third kappa shape index (κ3) is 3.31. The van der Waals surface area contributed by atoms with Crippen LogP contribution in [-0.2, 0) is 20.7 Å². The summed E-state index contributed by atoms with van der Waals surface area (Å²) in [5.74, 6) is 2.29. The second-order valence-electron chi connectivity index (χ2n) is 8.12. The predicted molar refractivity (Wildman–Crippen MR) is 95.9 cm³/mol. The lowest BCUT2D eigenvalue weighted by Gasteiger charge is -2.53. The normalized spacial score (nSPS) is 32.4. The van der Waals surface area contributed by atoms with E-state index in [4.69, 9.17) is 4.74 Å². The first-order valence-electron chi connectivity index (χ1n) is 9.68. The molecule has 4 nitrogen and oxygen atoms in total. The second-order valence-corrected chi connectivity index (χ2v) is 8.12. The van der Waals surface area contributed by atoms with E-state index in [1.807, 2.05) is 24.3 Å². The molecule has 134 valence electrons. The van der Waals surface area contributed by atoms with Gasteiger partial charge in [-0.1, -0.05) is 25.1 Å². The Morgan fingerprint density at radius 1 is 1.04 bits per heavy atom. The van der Waals surface area contributed by atoms with Gasteiger partial charge in [-0.05, 0) is 73.8 Å². The van der Waals surface area contributed by atoms with Crippen molar-refractivity contribution in [2.45, 2.75) is 45.4 Å². The Morgan fingerprint density at radius 2 is 1.68 bits per heavy atom. The number of rotatable bonds is 5. The molecule has 0 unspecified atom stereocenters. The van der Waals surface area contributed by atoms with Crippen molar-refractivity contribution in [1.29, 1.82) is 0 Å². The Balaban J connectivity index is 1.32. The van der Waals surface area contributed by atoms with Gasteiger partial charge in [0.2, 0.25) is 0 Å². The topological polar surface area (TPSA) is 55.4 Å². The number of esters is 1. The minimum absolute atomic E-state index is 0.0310. The van der Waals surface area contributed by atoms with Crippen molar-refractivity contribution in [3.63, 3.8) is 0 Å². The molecule has 0 aliphatic heterocycles. The average Bonchev–Trinajstić information content (AvgIpc) is 2.59. The van der Waals surface area contributed by atoms with Gasteiger partial charge in [0.25, 0.3) is 5.91 Å². The van der Waals surface area contributed by atoms with Crippen molar-refractivity contribution in [1.82, 2.24) is 0 Å². The van der Waals surface area contributed by atoms with Crippen LogP contribution in [0.2, 0.25) is 0 Å². The van der Waals surface area contributed by atoms with Crippen LogP contribution < -0.4 is 5.32 Å². The van der Waals surface area contributed by atoms with E-state index in [9.17, 15) is 9.59 Å². The smallest absolute Gasteiger partial charge is 0.310 e. The molecule has 0 radical (unpaired) electrons. The number of carbonyl (C=O) groups excluding carboxylic acids is 2. The Bertz CT molecular complexity index is 641. The van der Waals surface area contributed by atoms with E-state index in [-0.39, 0.29) is 24.4 Å². The third-order valence-corrected chi connectivity index (χ3v) is 6.52. The molecule has 1 aromatic rings. The summed E-state index contributed by atoms with van der Waals surface area (Å²) in [5.41, 5.74) is 1.89. The van der Waals surface area contributed by atoms with Crippen LogP contribution in [0.4, 0.5) is 5.69 Å². The Morgan fingerprint density at radius 3 is 2.32 bits per heavy atom. The zero-order valence-electron chi connectivity index (χ0n) is 14.9. The number of hydrogen-bond donors (Lipinski definition) is 1. The molecule has 0 heterocycles. The van der Waals surface area contributed by atoms with Crippen LogP contribution in [0.3, 0.4) is 0 Å². The third-order valence-electron chi connectivity index (χ3n) is 6.52. The van der Waals surface area contributed by atoms with E-state index in [0.29, 0.717) is 11.8 Å². The fraction of sp³-hybridized carbons (Fsp3) is 0.619. The molecule has 0 spiro atoms. The van der Waals surface area contributed by atoms with Crippen LogP contribution in [0.5, 0.6) is 0 Å². The van der Waals surface area contributed by atoms with E-state index in [1.54, 1.807) is 0 Å². The molecule has 1 amide bonds. The van der Waals surface area contributed by atoms with E-state index in [1.165, 1.54) is 32.1 Å². The summed E-state index contributed by atoms with van der Waals surface area (Å²) in [7, 11) is 0. The van der Waals surface area contributed by atoms with Crippen LogP contribution in [-0.4, -0.2) is 18.5 Å². The minimum atomic E-state index is -0.252. The first kappa shape index (κ1) is 16.6. The molecule has 4 saturated carbocycles.